The van der Waals surface area contributed by atoms with Crippen molar-refractivity contribution in [2.45, 2.75) is 19.6 Å². The molecule has 6 heteroatoms. The van der Waals surface area contributed by atoms with E-state index in [0.717, 1.165) is 6.42 Å². The minimum absolute atomic E-state index is 0.114. The zero-order valence-corrected chi connectivity index (χ0v) is 12.6. The van der Waals surface area contributed by atoms with Crippen LogP contribution in [0.1, 0.15) is 11.1 Å². The van der Waals surface area contributed by atoms with Gasteiger partial charge in [0.15, 0.2) is 5.96 Å². The molecule has 0 aliphatic heterocycles. The van der Waals surface area contributed by atoms with Crippen LogP contribution in [0.5, 0.6) is 5.75 Å². The summed E-state index contributed by atoms with van der Waals surface area (Å²) in [5.41, 5.74) is 7.54. The highest BCUT2D eigenvalue weighted by atomic mass is 19.3. The van der Waals surface area contributed by atoms with E-state index in [1.807, 2.05) is 30.3 Å². The zero-order chi connectivity index (χ0) is 16.5. The summed E-state index contributed by atoms with van der Waals surface area (Å²) in [4.78, 5) is 4.15. The highest BCUT2D eigenvalue weighted by molar-refractivity contribution is 5.77. The second-order valence-electron chi connectivity index (χ2n) is 4.85. The van der Waals surface area contributed by atoms with Crippen molar-refractivity contribution >= 4 is 5.96 Å². The average Bonchev–Trinajstić information content (AvgIpc) is 2.54. The standard InChI is InChI=1S/C17H19F2N3O/c18-16(19)23-15-9-5-4-8-14(15)12-22-17(20)21-11-10-13-6-2-1-3-7-13/h1-9,16H,10-12H2,(H3,20,21,22). The van der Waals surface area contributed by atoms with Gasteiger partial charge in [-0.15, -0.1) is 0 Å². The number of guanidine groups is 1. The monoisotopic (exact) mass is 319 g/mol. The number of nitrogens with zero attached hydrogens (tertiary/aromatic N) is 1. The van der Waals surface area contributed by atoms with Crippen molar-refractivity contribution in [1.82, 2.24) is 5.32 Å². The Balaban J connectivity index is 1.85. The van der Waals surface area contributed by atoms with Crippen molar-refractivity contribution in [1.29, 1.82) is 0 Å². The average molecular weight is 319 g/mol. The van der Waals surface area contributed by atoms with E-state index in [9.17, 15) is 8.78 Å². The lowest BCUT2D eigenvalue weighted by Crippen LogP contribution is -2.33. The first-order chi connectivity index (χ1) is 11.1. The molecular weight excluding hydrogens is 300 g/mol. The topological polar surface area (TPSA) is 59.6 Å². The molecule has 0 aromatic heterocycles. The van der Waals surface area contributed by atoms with E-state index in [0.29, 0.717) is 12.1 Å². The summed E-state index contributed by atoms with van der Waals surface area (Å²) in [5, 5.41) is 3.00. The number of alkyl halides is 2. The summed E-state index contributed by atoms with van der Waals surface area (Å²) in [6.45, 7) is -2.04. The van der Waals surface area contributed by atoms with Crippen molar-refractivity contribution in [2.24, 2.45) is 10.7 Å². The van der Waals surface area contributed by atoms with Crippen molar-refractivity contribution in [3.05, 3.63) is 65.7 Å². The summed E-state index contributed by atoms with van der Waals surface area (Å²) in [7, 11) is 0. The fourth-order valence-corrected chi connectivity index (χ4v) is 2.05. The molecule has 0 saturated carbocycles. The number of para-hydroxylation sites is 1. The van der Waals surface area contributed by atoms with Gasteiger partial charge < -0.3 is 15.8 Å². The van der Waals surface area contributed by atoms with Crippen LogP contribution in [0.15, 0.2) is 59.6 Å². The number of hydrogen-bond donors (Lipinski definition) is 2. The molecule has 2 rings (SSSR count). The van der Waals surface area contributed by atoms with E-state index >= 15 is 0 Å². The van der Waals surface area contributed by atoms with E-state index < -0.39 is 6.61 Å². The molecule has 4 nitrogen and oxygen atoms in total. The Kier molecular flexibility index (Phi) is 6.35. The maximum Gasteiger partial charge on any atom is 0.387 e. The maximum absolute atomic E-state index is 12.3. The van der Waals surface area contributed by atoms with Gasteiger partial charge in [0, 0.05) is 12.1 Å². The summed E-state index contributed by atoms with van der Waals surface area (Å²) < 4.78 is 29.1. The number of halogens is 2. The summed E-state index contributed by atoms with van der Waals surface area (Å²) in [6, 6.07) is 16.5. The lowest BCUT2D eigenvalue weighted by Gasteiger charge is -2.09. The SMILES string of the molecule is NC(=NCc1ccccc1OC(F)F)NCCc1ccccc1. The molecule has 0 fully saturated rings. The van der Waals surface area contributed by atoms with Gasteiger partial charge >= 0.3 is 6.61 Å². The molecule has 3 N–H and O–H groups in total. The molecule has 0 spiro atoms. The molecule has 0 bridgehead atoms. The molecular formula is C17H19F2N3O. The van der Waals surface area contributed by atoms with Crippen molar-refractivity contribution in [3.8, 4) is 5.75 Å². The molecule has 0 heterocycles. The van der Waals surface area contributed by atoms with Crippen LogP contribution in [0.2, 0.25) is 0 Å². The van der Waals surface area contributed by atoms with E-state index in [1.165, 1.54) is 11.6 Å². The predicted molar refractivity (Wildman–Crippen MR) is 86.5 cm³/mol. The highest BCUT2D eigenvalue weighted by Crippen LogP contribution is 2.20. The third-order valence-electron chi connectivity index (χ3n) is 3.17. The molecule has 0 saturated heterocycles. The minimum atomic E-state index is -2.86. The van der Waals surface area contributed by atoms with Crippen LogP contribution >= 0.6 is 0 Å². The van der Waals surface area contributed by atoms with Crippen LogP contribution in [-0.2, 0) is 13.0 Å². The van der Waals surface area contributed by atoms with Crippen molar-refractivity contribution < 1.29 is 13.5 Å². The van der Waals surface area contributed by atoms with Crippen LogP contribution in [0.3, 0.4) is 0 Å². The molecule has 2 aromatic carbocycles. The maximum atomic E-state index is 12.3. The first kappa shape index (κ1) is 16.7. The first-order valence-corrected chi connectivity index (χ1v) is 7.25. The van der Waals surface area contributed by atoms with Crippen molar-refractivity contribution in [3.63, 3.8) is 0 Å². The number of nitrogens with two attached hydrogens (primary N) is 1. The largest absolute Gasteiger partial charge is 0.434 e. The van der Waals surface area contributed by atoms with Gasteiger partial charge in [0.05, 0.1) is 6.54 Å². The normalized spacial score (nSPS) is 11.5. The van der Waals surface area contributed by atoms with Gasteiger partial charge in [-0.1, -0.05) is 48.5 Å². The predicted octanol–water partition coefficient (Wildman–Crippen LogP) is 2.94. The quantitative estimate of drug-likeness (QED) is 0.609. The summed E-state index contributed by atoms with van der Waals surface area (Å²) >= 11 is 0. The van der Waals surface area contributed by atoms with Gasteiger partial charge in [-0.25, -0.2) is 4.99 Å². The van der Waals surface area contributed by atoms with Crippen LogP contribution in [0, 0.1) is 0 Å². The van der Waals surface area contributed by atoms with Crippen LogP contribution in [0.25, 0.3) is 0 Å². The smallest absolute Gasteiger partial charge is 0.387 e. The Hall–Kier alpha value is -2.63. The Bertz CT molecular complexity index is 633. The number of hydrogen-bond acceptors (Lipinski definition) is 2. The van der Waals surface area contributed by atoms with Crippen LogP contribution < -0.4 is 15.8 Å². The third-order valence-corrected chi connectivity index (χ3v) is 3.17. The van der Waals surface area contributed by atoms with Gasteiger partial charge in [0.25, 0.3) is 0 Å². The number of rotatable bonds is 7. The zero-order valence-electron chi connectivity index (χ0n) is 12.6. The lowest BCUT2D eigenvalue weighted by molar-refractivity contribution is -0.0504. The summed E-state index contributed by atoms with van der Waals surface area (Å²) in [5.74, 6) is 0.385. The number of aliphatic imine (C=N–C) groups is 1. The molecule has 0 aliphatic carbocycles. The molecule has 0 radical (unpaired) electrons. The van der Waals surface area contributed by atoms with Gasteiger partial charge in [0.2, 0.25) is 0 Å². The second kappa shape index (κ2) is 8.73. The van der Waals surface area contributed by atoms with Gasteiger partial charge in [-0.3, -0.25) is 0 Å². The van der Waals surface area contributed by atoms with E-state index in [2.05, 4.69) is 15.0 Å². The van der Waals surface area contributed by atoms with Crippen LogP contribution in [-0.4, -0.2) is 19.1 Å². The highest BCUT2D eigenvalue weighted by Gasteiger charge is 2.08. The molecule has 0 aliphatic rings. The molecule has 0 amide bonds. The molecule has 0 unspecified atom stereocenters. The van der Waals surface area contributed by atoms with Gasteiger partial charge in [-0.05, 0) is 18.1 Å². The van der Waals surface area contributed by atoms with E-state index in [-0.39, 0.29) is 18.3 Å². The number of nitrogens with one attached hydrogen (secondary N) is 1. The Morgan fingerprint density at radius 3 is 2.52 bits per heavy atom. The van der Waals surface area contributed by atoms with Crippen LogP contribution in [0.4, 0.5) is 8.78 Å². The fraction of sp³-hybridized carbons (Fsp3) is 0.235. The van der Waals surface area contributed by atoms with Gasteiger partial charge in [-0.2, -0.15) is 8.78 Å². The van der Waals surface area contributed by atoms with Crippen molar-refractivity contribution in [2.75, 3.05) is 6.54 Å². The molecule has 2 aromatic rings. The minimum Gasteiger partial charge on any atom is -0.434 e. The molecule has 122 valence electrons. The lowest BCUT2D eigenvalue weighted by atomic mass is 10.1. The molecule has 23 heavy (non-hydrogen) atoms. The third kappa shape index (κ3) is 5.94. The Labute approximate surface area is 134 Å². The second-order valence-corrected chi connectivity index (χ2v) is 4.85. The van der Waals surface area contributed by atoms with Gasteiger partial charge in [0.1, 0.15) is 5.75 Å². The Morgan fingerprint density at radius 2 is 1.78 bits per heavy atom. The summed E-state index contributed by atoms with van der Waals surface area (Å²) in [6.07, 6.45) is 0.822. The number of benzene rings is 2. The fourth-order valence-electron chi connectivity index (χ4n) is 2.05. The van der Waals surface area contributed by atoms with E-state index in [1.54, 1.807) is 18.2 Å². The van der Waals surface area contributed by atoms with E-state index in [4.69, 9.17) is 5.73 Å². The molecule has 0 atom stereocenters. The number of ether oxygens (including phenoxy) is 1. The first-order valence-electron chi connectivity index (χ1n) is 7.25. The Morgan fingerprint density at radius 1 is 1.09 bits per heavy atom.